The molecule has 0 heterocycles. The van der Waals surface area contributed by atoms with Gasteiger partial charge in [0, 0.05) is 16.1 Å². The van der Waals surface area contributed by atoms with Crippen LogP contribution in [-0.2, 0) is 0 Å². The first kappa shape index (κ1) is 12.9. The third kappa shape index (κ3) is 2.93. The average Bonchev–Trinajstić information content (AvgIpc) is 2.03. The fourth-order valence-electron chi connectivity index (χ4n) is 1.07. The van der Waals surface area contributed by atoms with Crippen LogP contribution in [0.2, 0.25) is 0 Å². The quantitative estimate of drug-likeness (QED) is 0.874. The zero-order valence-corrected chi connectivity index (χ0v) is 9.66. The molecule has 1 atom stereocenters. The first-order valence-electron chi connectivity index (χ1n) is 3.86. The van der Waals surface area contributed by atoms with Crippen molar-refractivity contribution >= 4 is 28.3 Å². The first-order valence-corrected chi connectivity index (χ1v) is 4.65. The largest absolute Gasteiger partial charge is 0.324 e. The first-order chi connectivity index (χ1) is 5.66. The summed E-state index contributed by atoms with van der Waals surface area (Å²) in [4.78, 5) is 0. The SMILES string of the molecule is CC[C@@H](N)c1c(F)cccc1Br.Cl. The Bertz CT molecular complexity index is 260. The lowest BCUT2D eigenvalue weighted by atomic mass is 10.1. The summed E-state index contributed by atoms with van der Waals surface area (Å²) in [5.41, 5.74) is 6.30. The van der Waals surface area contributed by atoms with Crippen molar-refractivity contribution in [3.8, 4) is 0 Å². The minimum Gasteiger partial charge on any atom is -0.324 e. The average molecular weight is 269 g/mol. The number of nitrogens with two attached hydrogens (primary N) is 1. The standard InChI is InChI=1S/C9H11BrFN.ClH/c1-2-8(12)9-6(10)4-3-5-7(9)11;/h3-5,8H,2,12H2,1H3;1H/t8-;/m1./s1. The molecule has 4 heteroatoms. The molecule has 0 aliphatic carbocycles. The van der Waals surface area contributed by atoms with Crippen molar-refractivity contribution < 1.29 is 4.39 Å². The Balaban J connectivity index is 0.00000144. The van der Waals surface area contributed by atoms with Crippen molar-refractivity contribution in [1.82, 2.24) is 0 Å². The van der Waals surface area contributed by atoms with Gasteiger partial charge in [-0.3, -0.25) is 0 Å². The number of hydrogen-bond acceptors (Lipinski definition) is 1. The van der Waals surface area contributed by atoms with Crippen molar-refractivity contribution in [2.75, 3.05) is 0 Å². The molecule has 13 heavy (non-hydrogen) atoms. The number of benzene rings is 1. The molecule has 0 saturated carbocycles. The topological polar surface area (TPSA) is 26.0 Å². The van der Waals surface area contributed by atoms with Gasteiger partial charge in [0.2, 0.25) is 0 Å². The van der Waals surface area contributed by atoms with Gasteiger partial charge < -0.3 is 5.73 Å². The summed E-state index contributed by atoms with van der Waals surface area (Å²) in [5.74, 6) is -0.237. The summed E-state index contributed by atoms with van der Waals surface area (Å²) in [5, 5.41) is 0. The van der Waals surface area contributed by atoms with Gasteiger partial charge in [-0.05, 0) is 18.6 Å². The molecule has 0 aliphatic rings. The molecule has 74 valence electrons. The molecule has 0 radical (unpaired) electrons. The highest BCUT2D eigenvalue weighted by molar-refractivity contribution is 9.10. The predicted octanol–water partition coefficient (Wildman–Crippen LogP) is 3.42. The Morgan fingerprint density at radius 3 is 2.62 bits per heavy atom. The van der Waals surface area contributed by atoms with Crippen LogP contribution < -0.4 is 5.73 Å². The number of halogens is 3. The zero-order chi connectivity index (χ0) is 9.14. The van der Waals surface area contributed by atoms with Crippen molar-refractivity contribution in [3.05, 3.63) is 34.1 Å². The Hall–Kier alpha value is -0.120. The maximum absolute atomic E-state index is 13.2. The van der Waals surface area contributed by atoms with Crippen LogP contribution in [-0.4, -0.2) is 0 Å². The predicted molar refractivity (Wildman–Crippen MR) is 58.6 cm³/mol. The van der Waals surface area contributed by atoms with Crippen LogP contribution in [0.3, 0.4) is 0 Å². The fraction of sp³-hybridized carbons (Fsp3) is 0.333. The van der Waals surface area contributed by atoms with E-state index < -0.39 is 0 Å². The molecule has 1 rings (SSSR count). The van der Waals surface area contributed by atoms with Crippen LogP contribution >= 0.6 is 28.3 Å². The lowest BCUT2D eigenvalue weighted by Gasteiger charge is -2.11. The van der Waals surface area contributed by atoms with Crippen molar-refractivity contribution in [3.63, 3.8) is 0 Å². The van der Waals surface area contributed by atoms with Gasteiger partial charge in [-0.25, -0.2) is 4.39 Å². The molecule has 0 fully saturated rings. The monoisotopic (exact) mass is 267 g/mol. The van der Waals surface area contributed by atoms with Crippen molar-refractivity contribution in [2.24, 2.45) is 5.73 Å². The lowest BCUT2D eigenvalue weighted by molar-refractivity contribution is 0.573. The molecule has 0 spiro atoms. The summed E-state index contributed by atoms with van der Waals surface area (Å²) in [6.07, 6.45) is 0.736. The maximum Gasteiger partial charge on any atom is 0.129 e. The second-order valence-electron chi connectivity index (χ2n) is 2.65. The van der Waals surface area contributed by atoms with Crippen LogP contribution in [0.5, 0.6) is 0 Å². The van der Waals surface area contributed by atoms with E-state index in [-0.39, 0.29) is 24.3 Å². The third-order valence-electron chi connectivity index (χ3n) is 1.81. The highest BCUT2D eigenvalue weighted by atomic mass is 79.9. The van der Waals surface area contributed by atoms with Gasteiger partial charge in [0.15, 0.2) is 0 Å². The molecule has 0 unspecified atom stereocenters. The molecular formula is C9H12BrClFN. The van der Waals surface area contributed by atoms with Gasteiger partial charge in [-0.2, -0.15) is 0 Å². The van der Waals surface area contributed by atoms with E-state index in [9.17, 15) is 4.39 Å². The number of rotatable bonds is 2. The van der Waals surface area contributed by atoms with Crippen molar-refractivity contribution in [2.45, 2.75) is 19.4 Å². The van der Waals surface area contributed by atoms with E-state index in [1.807, 2.05) is 6.92 Å². The van der Waals surface area contributed by atoms with E-state index in [1.54, 1.807) is 12.1 Å². The number of hydrogen-bond donors (Lipinski definition) is 1. The zero-order valence-electron chi connectivity index (χ0n) is 7.26. The Morgan fingerprint density at radius 2 is 2.15 bits per heavy atom. The minimum absolute atomic E-state index is 0. The Kier molecular flexibility index (Phi) is 5.53. The minimum atomic E-state index is -0.237. The highest BCUT2D eigenvalue weighted by Crippen LogP contribution is 2.26. The third-order valence-corrected chi connectivity index (χ3v) is 2.50. The van der Waals surface area contributed by atoms with Crippen LogP contribution in [0.1, 0.15) is 24.9 Å². The van der Waals surface area contributed by atoms with Gasteiger partial charge in [-0.15, -0.1) is 12.4 Å². The van der Waals surface area contributed by atoms with Crippen LogP contribution in [0, 0.1) is 5.82 Å². The van der Waals surface area contributed by atoms with Crippen LogP contribution in [0.15, 0.2) is 22.7 Å². The summed E-state index contributed by atoms with van der Waals surface area (Å²) in [6.45, 7) is 1.93. The molecule has 0 aliphatic heterocycles. The smallest absolute Gasteiger partial charge is 0.129 e. The molecule has 0 bridgehead atoms. The fourth-order valence-corrected chi connectivity index (χ4v) is 1.71. The molecule has 2 N–H and O–H groups in total. The van der Waals surface area contributed by atoms with E-state index >= 15 is 0 Å². The molecule has 0 aromatic heterocycles. The van der Waals surface area contributed by atoms with Gasteiger partial charge in [0.1, 0.15) is 5.82 Å². The Morgan fingerprint density at radius 1 is 1.54 bits per heavy atom. The van der Waals surface area contributed by atoms with Gasteiger partial charge >= 0.3 is 0 Å². The van der Waals surface area contributed by atoms with Gasteiger partial charge in [0.25, 0.3) is 0 Å². The summed E-state index contributed by atoms with van der Waals surface area (Å²) in [7, 11) is 0. The molecule has 0 amide bonds. The molecule has 1 nitrogen and oxygen atoms in total. The molecule has 0 saturated heterocycles. The maximum atomic E-state index is 13.2. The molecular weight excluding hydrogens is 256 g/mol. The summed E-state index contributed by atoms with van der Waals surface area (Å²) < 4.78 is 13.9. The molecule has 1 aromatic carbocycles. The van der Waals surface area contributed by atoms with Crippen LogP contribution in [0.4, 0.5) is 4.39 Å². The van der Waals surface area contributed by atoms with E-state index in [0.29, 0.717) is 5.56 Å². The van der Waals surface area contributed by atoms with Crippen LogP contribution in [0.25, 0.3) is 0 Å². The second-order valence-corrected chi connectivity index (χ2v) is 3.50. The van der Waals surface area contributed by atoms with E-state index in [0.717, 1.165) is 10.9 Å². The molecule has 1 aromatic rings. The van der Waals surface area contributed by atoms with E-state index in [2.05, 4.69) is 15.9 Å². The summed E-state index contributed by atoms with van der Waals surface area (Å²) >= 11 is 3.27. The van der Waals surface area contributed by atoms with Gasteiger partial charge in [0.05, 0.1) is 0 Å². The second kappa shape index (κ2) is 5.58. The lowest BCUT2D eigenvalue weighted by Crippen LogP contribution is -2.11. The highest BCUT2D eigenvalue weighted by Gasteiger charge is 2.12. The normalized spacial score (nSPS) is 12.0. The Labute approximate surface area is 92.1 Å². The van der Waals surface area contributed by atoms with Crippen molar-refractivity contribution in [1.29, 1.82) is 0 Å². The van der Waals surface area contributed by atoms with E-state index in [1.165, 1.54) is 6.07 Å². The van der Waals surface area contributed by atoms with E-state index in [4.69, 9.17) is 5.73 Å². The van der Waals surface area contributed by atoms with Gasteiger partial charge in [-0.1, -0.05) is 28.9 Å². The summed E-state index contributed by atoms with van der Waals surface area (Å²) in [6, 6.07) is 4.66.